The molecule has 0 amide bonds. The summed E-state index contributed by atoms with van der Waals surface area (Å²) in [5, 5.41) is 0.481. The van der Waals surface area contributed by atoms with Crippen LogP contribution in [0.2, 0.25) is 5.02 Å². The van der Waals surface area contributed by atoms with Crippen molar-refractivity contribution in [3.05, 3.63) is 28.8 Å². The van der Waals surface area contributed by atoms with E-state index in [2.05, 4.69) is 18.6 Å². The molecule has 6 heteroatoms. The van der Waals surface area contributed by atoms with Crippen molar-refractivity contribution in [2.45, 2.75) is 39.1 Å². The van der Waals surface area contributed by atoms with E-state index in [1.54, 1.807) is 6.07 Å². The van der Waals surface area contributed by atoms with Crippen molar-refractivity contribution in [3.8, 4) is 0 Å². The predicted octanol–water partition coefficient (Wildman–Crippen LogP) is 2.76. The summed E-state index contributed by atoms with van der Waals surface area (Å²) in [6.07, 6.45) is 0. The maximum absolute atomic E-state index is 12.3. The molecule has 0 unspecified atom stereocenters. The monoisotopic (exact) mass is 318 g/mol. The molecule has 0 aromatic heterocycles. The lowest BCUT2D eigenvalue weighted by atomic mass is 9.81. The van der Waals surface area contributed by atoms with E-state index in [0.29, 0.717) is 23.0 Å². The van der Waals surface area contributed by atoms with Gasteiger partial charge < -0.3 is 5.73 Å². The van der Waals surface area contributed by atoms with E-state index in [-0.39, 0.29) is 16.9 Å². The fraction of sp³-hybridized carbons (Fsp3) is 0.571. The molecular formula is C14H23ClN2O2S. The molecular weight excluding hydrogens is 296 g/mol. The molecule has 0 saturated heterocycles. The van der Waals surface area contributed by atoms with E-state index < -0.39 is 10.0 Å². The van der Waals surface area contributed by atoms with Crippen molar-refractivity contribution in [1.82, 2.24) is 4.72 Å². The van der Waals surface area contributed by atoms with Crippen LogP contribution < -0.4 is 10.5 Å². The molecule has 0 saturated carbocycles. The Bertz CT molecular complexity index is 569. The second-order valence-corrected chi connectivity index (χ2v) is 8.10. The highest BCUT2D eigenvalue weighted by Gasteiger charge is 2.25. The van der Waals surface area contributed by atoms with Gasteiger partial charge in [0.25, 0.3) is 0 Å². The van der Waals surface area contributed by atoms with Gasteiger partial charge in [0.15, 0.2) is 0 Å². The van der Waals surface area contributed by atoms with Gasteiger partial charge in [0.1, 0.15) is 0 Å². The Labute approximate surface area is 126 Å². The molecule has 4 nitrogen and oxygen atoms in total. The fourth-order valence-electron chi connectivity index (χ4n) is 1.44. The number of nitrogens with one attached hydrogen (secondary N) is 1. The van der Waals surface area contributed by atoms with Gasteiger partial charge in [-0.15, -0.1) is 0 Å². The lowest BCUT2D eigenvalue weighted by Gasteiger charge is -2.29. The van der Waals surface area contributed by atoms with Gasteiger partial charge in [0.2, 0.25) is 10.0 Å². The highest BCUT2D eigenvalue weighted by Crippen LogP contribution is 2.26. The summed E-state index contributed by atoms with van der Waals surface area (Å²) in [6.45, 7) is 8.81. The molecule has 0 bridgehead atoms. The molecule has 1 aromatic carbocycles. The summed E-state index contributed by atoms with van der Waals surface area (Å²) in [4.78, 5) is 0.196. The van der Waals surface area contributed by atoms with E-state index in [1.165, 1.54) is 12.1 Å². The van der Waals surface area contributed by atoms with Crippen molar-refractivity contribution in [1.29, 1.82) is 0 Å². The van der Waals surface area contributed by atoms with Gasteiger partial charge in [-0.25, -0.2) is 13.1 Å². The molecule has 0 heterocycles. The summed E-state index contributed by atoms with van der Waals surface area (Å²) < 4.78 is 27.2. The first-order valence-corrected chi connectivity index (χ1v) is 8.44. The SMILES string of the molecule is CC(C)C(C)(C)CNS(=O)(=O)c1ccc(Cl)c(CN)c1. The van der Waals surface area contributed by atoms with Crippen LogP contribution in [0.5, 0.6) is 0 Å². The van der Waals surface area contributed by atoms with Crippen LogP contribution in [0.25, 0.3) is 0 Å². The Balaban J connectivity index is 2.95. The molecule has 20 heavy (non-hydrogen) atoms. The smallest absolute Gasteiger partial charge is 0.240 e. The Morgan fingerprint density at radius 3 is 2.45 bits per heavy atom. The molecule has 3 N–H and O–H groups in total. The van der Waals surface area contributed by atoms with Crippen LogP contribution >= 0.6 is 11.6 Å². The number of halogens is 1. The van der Waals surface area contributed by atoms with Crippen LogP contribution in [0.1, 0.15) is 33.3 Å². The van der Waals surface area contributed by atoms with Crippen LogP contribution in [-0.4, -0.2) is 15.0 Å². The molecule has 114 valence electrons. The molecule has 0 radical (unpaired) electrons. The number of rotatable bonds is 6. The third-order valence-electron chi connectivity index (χ3n) is 3.83. The number of hydrogen-bond donors (Lipinski definition) is 2. The first kappa shape index (κ1) is 17.4. The summed E-state index contributed by atoms with van der Waals surface area (Å²) in [5.41, 5.74) is 6.05. The first-order valence-electron chi connectivity index (χ1n) is 6.58. The standard InChI is InChI=1S/C14H23ClN2O2S/c1-10(2)14(3,4)9-17-20(18,19)12-5-6-13(15)11(7-12)8-16/h5-7,10,17H,8-9,16H2,1-4H3. The zero-order chi connectivity index (χ0) is 15.6. The van der Waals surface area contributed by atoms with Crippen molar-refractivity contribution < 1.29 is 8.42 Å². The second kappa shape index (κ2) is 6.43. The lowest BCUT2D eigenvalue weighted by Crippen LogP contribution is -2.37. The zero-order valence-corrected chi connectivity index (χ0v) is 14.0. The van der Waals surface area contributed by atoms with Crippen LogP contribution in [-0.2, 0) is 16.6 Å². The summed E-state index contributed by atoms with van der Waals surface area (Å²) in [7, 11) is -3.54. The number of nitrogens with two attached hydrogens (primary N) is 1. The van der Waals surface area contributed by atoms with Gasteiger partial charge >= 0.3 is 0 Å². The van der Waals surface area contributed by atoms with Gasteiger partial charge in [0, 0.05) is 18.1 Å². The lowest BCUT2D eigenvalue weighted by molar-refractivity contribution is 0.252. The highest BCUT2D eigenvalue weighted by atomic mass is 35.5. The summed E-state index contributed by atoms with van der Waals surface area (Å²) >= 11 is 5.94. The normalized spacial score (nSPS) is 12.9. The maximum atomic E-state index is 12.3. The molecule has 0 aliphatic carbocycles. The van der Waals surface area contributed by atoms with E-state index in [4.69, 9.17) is 17.3 Å². The number of hydrogen-bond acceptors (Lipinski definition) is 3. The molecule has 1 rings (SSSR count). The minimum atomic E-state index is -3.54. The molecule has 1 aromatic rings. The Morgan fingerprint density at radius 2 is 1.95 bits per heavy atom. The van der Waals surface area contributed by atoms with Gasteiger partial charge in [0.05, 0.1) is 4.90 Å². The average Bonchev–Trinajstić information content (AvgIpc) is 2.37. The largest absolute Gasteiger partial charge is 0.326 e. The molecule has 0 fully saturated rings. The summed E-state index contributed by atoms with van der Waals surface area (Å²) in [6, 6.07) is 4.57. The molecule has 0 atom stereocenters. The molecule has 0 aliphatic rings. The van der Waals surface area contributed by atoms with E-state index in [0.717, 1.165) is 0 Å². The maximum Gasteiger partial charge on any atom is 0.240 e. The van der Waals surface area contributed by atoms with Gasteiger partial charge in [-0.2, -0.15) is 0 Å². The van der Waals surface area contributed by atoms with Crippen molar-refractivity contribution in [2.24, 2.45) is 17.1 Å². The number of benzene rings is 1. The third-order valence-corrected chi connectivity index (χ3v) is 5.60. The zero-order valence-electron chi connectivity index (χ0n) is 12.4. The van der Waals surface area contributed by atoms with Gasteiger partial charge in [-0.05, 0) is 35.1 Å². The Morgan fingerprint density at radius 1 is 1.35 bits per heavy atom. The minimum Gasteiger partial charge on any atom is -0.326 e. The summed E-state index contributed by atoms with van der Waals surface area (Å²) in [5.74, 6) is 0.370. The topological polar surface area (TPSA) is 72.2 Å². The van der Waals surface area contributed by atoms with Crippen LogP contribution in [0.3, 0.4) is 0 Å². The van der Waals surface area contributed by atoms with Gasteiger partial charge in [-0.3, -0.25) is 0 Å². The quantitative estimate of drug-likeness (QED) is 0.847. The molecule has 0 spiro atoms. The first-order chi connectivity index (χ1) is 9.10. The van der Waals surface area contributed by atoms with Crippen molar-refractivity contribution in [2.75, 3.05) is 6.54 Å². The van der Waals surface area contributed by atoms with E-state index >= 15 is 0 Å². The van der Waals surface area contributed by atoms with Crippen molar-refractivity contribution in [3.63, 3.8) is 0 Å². The third kappa shape index (κ3) is 4.19. The van der Waals surface area contributed by atoms with E-state index in [9.17, 15) is 8.42 Å². The minimum absolute atomic E-state index is 0.115. The van der Waals surface area contributed by atoms with E-state index in [1.807, 2.05) is 13.8 Å². The van der Waals surface area contributed by atoms with Crippen LogP contribution in [0.15, 0.2) is 23.1 Å². The van der Waals surface area contributed by atoms with Crippen LogP contribution in [0, 0.1) is 11.3 Å². The Hall–Kier alpha value is -0.620. The van der Waals surface area contributed by atoms with Crippen LogP contribution in [0.4, 0.5) is 0 Å². The number of sulfonamides is 1. The highest BCUT2D eigenvalue weighted by molar-refractivity contribution is 7.89. The predicted molar refractivity (Wildman–Crippen MR) is 83.2 cm³/mol. The fourth-order valence-corrected chi connectivity index (χ4v) is 2.91. The van der Waals surface area contributed by atoms with Crippen molar-refractivity contribution >= 4 is 21.6 Å². The van der Waals surface area contributed by atoms with Gasteiger partial charge in [-0.1, -0.05) is 39.3 Å². The second-order valence-electron chi connectivity index (χ2n) is 5.93. The Kier molecular flexibility index (Phi) is 5.61. The molecule has 0 aliphatic heterocycles. The average molecular weight is 319 g/mol.